The Morgan fingerprint density at radius 1 is 1.52 bits per heavy atom. The van der Waals surface area contributed by atoms with Crippen molar-refractivity contribution < 1.29 is 0 Å². The first-order chi connectivity index (χ1) is 9.92. The SMILES string of the molecule is CCC(N)C(Sc1nc(=O)c(=O)[nH]n1C)c1ccc(Br)s1. The number of thioether (sulfide) groups is 1. The van der Waals surface area contributed by atoms with E-state index in [9.17, 15) is 9.59 Å². The molecule has 3 N–H and O–H groups in total. The van der Waals surface area contributed by atoms with Crippen LogP contribution in [0.5, 0.6) is 0 Å². The third kappa shape index (κ3) is 3.85. The molecular weight excluding hydrogens is 376 g/mol. The molecule has 0 aliphatic rings. The summed E-state index contributed by atoms with van der Waals surface area (Å²) in [6, 6.07) is 3.89. The van der Waals surface area contributed by atoms with Crippen LogP contribution in [0.3, 0.4) is 0 Å². The quantitative estimate of drug-likeness (QED) is 0.600. The normalized spacial score (nSPS) is 14.1. The van der Waals surface area contributed by atoms with E-state index >= 15 is 0 Å². The fraction of sp³-hybridized carbons (Fsp3) is 0.417. The van der Waals surface area contributed by atoms with Crippen molar-refractivity contribution in [3.63, 3.8) is 0 Å². The van der Waals surface area contributed by atoms with Gasteiger partial charge in [-0.1, -0.05) is 18.7 Å². The second kappa shape index (κ2) is 6.91. The Kier molecular flexibility index (Phi) is 5.42. The van der Waals surface area contributed by atoms with Crippen LogP contribution in [0.25, 0.3) is 0 Å². The molecular formula is C12H15BrN4O2S2. The molecule has 0 saturated heterocycles. The molecule has 0 fully saturated rings. The van der Waals surface area contributed by atoms with Crippen LogP contribution < -0.4 is 16.9 Å². The zero-order chi connectivity index (χ0) is 15.6. The highest BCUT2D eigenvalue weighted by atomic mass is 79.9. The smallest absolute Gasteiger partial charge is 0.326 e. The zero-order valence-electron chi connectivity index (χ0n) is 11.5. The summed E-state index contributed by atoms with van der Waals surface area (Å²) in [6.07, 6.45) is 0.796. The molecule has 0 spiro atoms. The minimum atomic E-state index is -0.785. The Bertz CT molecular complexity index is 739. The predicted octanol–water partition coefficient (Wildman–Crippen LogP) is 1.86. The van der Waals surface area contributed by atoms with Crippen molar-refractivity contribution in [2.24, 2.45) is 12.8 Å². The van der Waals surface area contributed by atoms with Crippen molar-refractivity contribution in [2.45, 2.75) is 29.8 Å². The average Bonchev–Trinajstić information content (AvgIpc) is 2.87. The summed E-state index contributed by atoms with van der Waals surface area (Å²) < 4.78 is 2.47. The Morgan fingerprint density at radius 3 is 2.81 bits per heavy atom. The van der Waals surface area contributed by atoms with Gasteiger partial charge in [-0.05, 0) is 34.5 Å². The van der Waals surface area contributed by atoms with Crippen molar-refractivity contribution in [1.29, 1.82) is 0 Å². The highest BCUT2D eigenvalue weighted by Crippen LogP contribution is 2.40. The van der Waals surface area contributed by atoms with Gasteiger partial charge < -0.3 is 5.73 Å². The first-order valence-corrected chi connectivity index (χ1v) is 8.76. The minimum Gasteiger partial charge on any atom is -0.326 e. The Hall–Kier alpha value is -0.900. The fourth-order valence-electron chi connectivity index (χ4n) is 1.73. The second-order valence-electron chi connectivity index (χ2n) is 4.45. The maximum absolute atomic E-state index is 11.4. The summed E-state index contributed by atoms with van der Waals surface area (Å²) in [5.74, 6) is 0. The number of hydrogen-bond acceptors (Lipinski definition) is 6. The van der Waals surface area contributed by atoms with Gasteiger partial charge in [-0.2, -0.15) is 4.98 Å². The van der Waals surface area contributed by atoms with Gasteiger partial charge >= 0.3 is 11.1 Å². The van der Waals surface area contributed by atoms with E-state index in [0.29, 0.717) is 5.16 Å². The molecule has 0 aliphatic heterocycles. The number of aromatic nitrogens is 3. The summed E-state index contributed by atoms with van der Waals surface area (Å²) in [7, 11) is 1.65. The number of aromatic amines is 1. The molecule has 0 aliphatic carbocycles. The van der Waals surface area contributed by atoms with Crippen LogP contribution in [0.2, 0.25) is 0 Å². The van der Waals surface area contributed by atoms with Gasteiger partial charge in [-0.3, -0.25) is 19.4 Å². The van der Waals surface area contributed by atoms with E-state index < -0.39 is 11.1 Å². The molecule has 114 valence electrons. The maximum atomic E-state index is 11.4. The average molecular weight is 391 g/mol. The predicted molar refractivity (Wildman–Crippen MR) is 89.0 cm³/mol. The minimum absolute atomic E-state index is 0.0321. The number of thiophene rings is 1. The van der Waals surface area contributed by atoms with Crippen molar-refractivity contribution in [2.75, 3.05) is 0 Å². The highest BCUT2D eigenvalue weighted by Gasteiger charge is 2.23. The van der Waals surface area contributed by atoms with Gasteiger partial charge in [-0.15, -0.1) is 11.3 Å². The van der Waals surface area contributed by atoms with E-state index in [1.807, 2.05) is 19.1 Å². The maximum Gasteiger partial charge on any atom is 0.339 e. The van der Waals surface area contributed by atoms with Crippen LogP contribution in [0, 0.1) is 0 Å². The first kappa shape index (κ1) is 16.5. The number of aryl methyl sites for hydroxylation is 1. The number of nitrogens with one attached hydrogen (secondary N) is 1. The molecule has 2 rings (SSSR count). The van der Waals surface area contributed by atoms with E-state index in [0.717, 1.165) is 15.1 Å². The molecule has 0 amide bonds. The summed E-state index contributed by atoms with van der Waals surface area (Å²) in [5, 5.41) is 2.86. The highest BCUT2D eigenvalue weighted by molar-refractivity contribution is 9.11. The monoisotopic (exact) mass is 390 g/mol. The van der Waals surface area contributed by atoms with Gasteiger partial charge in [0.05, 0.1) is 9.04 Å². The standard InChI is InChI=1S/C12H15BrN4O2S2/c1-3-6(14)9(7-4-5-8(13)20-7)21-12-15-10(18)11(19)16-17(12)2/h4-6,9H,3,14H2,1-2H3,(H,16,19). The topological polar surface area (TPSA) is 93.8 Å². The summed E-state index contributed by atoms with van der Waals surface area (Å²) in [5.41, 5.74) is 4.70. The lowest BCUT2D eigenvalue weighted by Gasteiger charge is -2.21. The van der Waals surface area contributed by atoms with E-state index in [4.69, 9.17) is 5.73 Å². The van der Waals surface area contributed by atoms with Crippen LogP contribution in [0.4, 0.5) is 0 Å². The summed E-state index contributed by atoms with van der Waals surface area (Å²) in [4.78, 5) is 27.6. The molecule has 2 aromatic heterocycles. The second-order valence-corrected chi connectivity index (χ2v) is 8.06. The number of halogens is 1. The van der Waals surface area contributed by atoms with Crippen LogP contribution in [-0.2, 0) is 7.05 Å². The number of hydrogen-bond donors (Lipinski definition) is 2. The molecule has 0 aromatic carbocycles. The lowest BCUT2D eigenvalue weighted by atomic mass is 10.1. The van der Waals surface area contributed by atoms with Gasteiger partial charge in [0, 0.05) is 18.0 Å². The van der Waals surface area contributed by atoms with Crippen molar-refractivity contribution in [3.8, 4) is 0 Å². The molecule has 2 heterocycles. The van der Waals surface area contributed by atoms with Crippen LogP contribution in [-0.4, -0.2) is 20.8 Å². The Labute approximate surface area is 137 Å². The molecule has 2 aromatic rings. The van der Waals surface area contributed by atoms with Crippen LogP contribution in [0.1, 0.15) is 23.5 Å². The van der Waals surface area contributed by atoms with Crippen molar-refractivity contribution in [1.82, 2.24) is 14.8 Å². The van der Waals surface area contributed by atoms with Gasteiger partial charge in [0.2, 0.25) is 0 Å². The van der Waals surface area contributed by atoms with Crippen LogP contribution >= 0.6 is 39.0 Å². The number of rotatable bonds is 5. The Morgan fingerprint density at radius 2 is 2.24 bits per heavy atom. The lowest BCUT2D eigenvalue weighted by molar-refractivity contribution is 0.587. The summed E-state index contributed by atoms with van der Waals surface area (Å²) >= 11 is 6.43. The van der Waals surface area contributed by atoms with Gasteiger partial charge in [-0.25, -0.2) is 0 Å². The number of nitrogens with zero attached hydrogens (tertiary/aromatic N) is 2. The fourth-order valence-corrected chi connectivity index (χ4v) is 4.63. The van der Waals surface area contributed by atoms with Crippen molar-refractivity contribution in [3.05, 3.63) is 41.5 Å². The van der Waals surface area contributed by atoms with E-state index in [1.165, 1.54) is 16.4 Å². The number of H-pyrrole nitrogens is 1. The molecule has 0 radical (unpaired) electrons. The van der Waals surface area contributed by atoms with Crippen molar-refractivity contribution >= 4 is 39.0 Å². The van der Waals surface area contributed by atoms with Gasteiger partial charge in [0.1, 0.15) is 0 Å². The van der Waals surface area contributed by atoms with Crippen LogP contribution in [0.15, 0.2) is 30.7 Å². The first-order valence-electron chi connectivity index (χ1n) is 6.27. The zero-order valence-corrected chi connectivity index (χ0v) is 14.7. The van der Waals surface area contributed by atoms with E-state index in [2.05, 4.69) is 26.0 Å². The Balaban J connectivity index is 2.38. The van der Waals surface area contributed by atoms with Gasteiger partial charge in [0.15, 0.2) is 5.16 Å². The third-order valence-electron chi connectivity index (χ3n) is 2.91. The third-order valence-corrected chi connectivity index (χ3v) is 6.20. The molecule has 2 atom stereocenters. The van der Waals surface area contributed by atoms with E-state index in [1.54, 1.807) is 18.4 Å². The lowest BCUT2D eigenvalue weighted by Crippen LogP contribution is -2.34. The molecule has 2 unspecified atom stereocenters. The summed E-state index contributed by atoms with van der Waals surface area (Å²) in [6.45, 7) is 2.01. The molecule has 0 bridgehead atoms. The molecule has 0 saturated carbocycles. The molecule has 9 heteroatoms. The van der Waals surface area contributed by atoms with E-state index in [-0.39, 0.29) is 11.3 Å². The number of nitrogens with two attached hydrogens (primary N) is 1. The molecule has 21 heavy (non-hydrogen) atoms. The van der Waals surface area contributed by atoms with Gasteiger partial charge in [0.25, 0.3) is 0 Å². The molecule has 6 nitrogen and oxygen atoms in total. The largest absolute Gasteiger partial charge is 0.339 e.